The minimum absolute atomic E-state index is 0.299. The number of hydrogen-bond donors (Lipinski definition) is 0. The number of piperidine rings is 1. The Kier molecular flexibility index (Phi) is 5.05. The third-order valence-corrected chi connectivity index (χ3v) is 6.01. The van der Waals surface area contributed by atoms with E-state index < -0.39 is 0 Å². The molecule has 136 valence electrons. The first-order valence-corrected chi connectivity index (χ1v) is 10.0. The molecule has 0 spiro atoms. The Morgan fingerprint density at radius 3 is 2.35 bits per heavy atom. The average molecular weight is 348 g/mol. The lowest BCUT2D eigenvalue weighted by atomic mass is 9.90. The summed E-state index contributed by atoms with van der Waals surface area (Å²) < 4.78 is 0. The van der Waals surface area contributed by atoms with Crippen molar-refractivity contribution < 1.29 is 4.79 Å². The van der Waals surface area contributed by atoms with Gasteiger partial charge in [0.25, 0.3) is 0 Å². The van der Waals surface area contributed by atoms with Crippen LogP contribution in [-0.2, 0) is 4.79 Å². The normalized spacial score (nSPS) is 19.0. The van der Waals surface area contributed by atoms with Crippen LogP contribution in [0.5, 0.6) is 0 Å². The van der Waals surface area contributed by atoms with Gasteiger partial charge in [0, 0.05) is 36.3 Å². The first kappa shape index (κ1) is 17.3. The molecule has 1 aromatic heterocycles. The van der Waals surface area contributed by atoms with Crippen molar-refractivity contribution in [2.75, 3.05) is 13.1 Å². The fourth-order valence-corrected chi connectivity index (χ4v) is 4.53. The minimum atomic E-state index is 0.299. The number of carbonyl (C=O) groups is 1. The van der Waals surface area contributed by atoms with Crippen LogP contribution in [0.15, 0.2) is 42.5 Å². The van der Waals surface area contributed by atoms with Gasteiger partial charge in [0.2, 0.25) is 5.91 Å². The second kappa shape index (κ2) is 7.61. The Bertz CT molecular complexity index is 757. The molecule has 1 saturated heterocycles. The van der Waals surface area contributed by atoms with Crippen LogP contribution in [-0.4, -0.2) is 28.9 Å². The maximum atomic E-state index is 12.6. The Morgan fingerprint density at radius 2 is 1.65 bits per heavy atom. The number of benzene rings is 1. The van der Waals surface area contributed by atoms with E-state index in [0.717, 1.165) is 44.5 Å². The lowest BCUT2D eigenvalue weighted by molar-refractivity contribution is -0.136. The van der Waals surface area contributed by atoms with Gasteiger partial charge in [0.1, 0.15) is 0 Å². The number of carbonyl (C=O) groups excluding carboxylic acids is 1. The summed E-state index contributed by atoms with van der Waals surface area (Å²) in [5.41, 5.74) is 4.76. The smallest absolute Gasteiger partial charge is 0.225 e. The quantitative estimate of drug-likeness (QED) is 0.786. The fourth-order valence-electron chi connectivity index (χ4n) is 4.53. The second-order valence-electron chi connectivity index (χ2n) is 7.87. The molecule has 2 fully saturated rings. The maximum Gasteiger partial charge on any atom is 0.225 e. The number of rotatable bonds is 3. The molecule has 2 aliphatic rings. The summed E-state index contributed by atoms with van der Waals surface area (Å²) in [6, 6.07) is 14.9. The SMILES string of the molecule is Cc1cc(-c2ccccc2)cc(C2CCN(C(=O)C3CCCC3)CC2)n1. The van der Waals surface area contributed by atoms with Crippen LogP contribution in [0.4, 0.5) is 0 Å². The van der Waals surface area contributed by atoms with Crippen LogP contribution in [0, 0.1) is 12.8 Å². The topological polar surface area (TPSA) is 33.2 Å². The predicted molar refractivity (Wildman–Crippen MR) is 105 cm³/mol. The van der Waals surface area contributed by atoms with Gasteiger partial charge in [-0.05, 0) is 55.9 Å². The summed E-state index contributed by atoms with van der Waals surface area (Å²) in [5.74, 6) is 1.17. The first-order chi connectivity index (χ1) is 12.7. The second-order valence-corrected chi connectivity index (χ2v) is 7.87. The molecule has 1 aliphatic carbocycles. The van der Waals surface area contributed by atoms with Crippen molar-refractivity contribution in [3.05, 3.63) is 53.9 Å². The van der Waals surface area contributed by atoms with E-state index in [0.29, 0.717) is 17.7 Å². The van der Waals surface area contributed by atoms with E-state index in [1.807, 2.05) is 0 Å². The van der Waals surface area contributed by atoms with Gasteiger partial charge in [-0.15, -0.1) is 0 Å². The average Bonchev–Trinajstić information content (AvgIpc) is 3.22. The van der Waals surface area contributed by atoms with Crippen LogP contribution >= 0.6 is 0 Å². The van der Waals surface area contributed by atoms with Gasteiger partial charge in [-0.1, -0.05) is 43.2 Å². The van der Waals surface area contributed by atoms with Crippen molar-refractivity contribution in [1.29, 1.82) is 0 Å². The fraction of sp³-hybridized carbons (Fsp3) is 0.478. The molecule has 1 amide bonds. The van der Waals surface area contributed by atoms with Gasteiger partial charge in [0.05, 0.1) is 0 Å². The van der Waals surface area contributed by atoms with Crippen molar-refractivity contribution in [2.45, 2.75) is 51.4 Å². The Morgan fingerprint density at radius 1 is 0.962 bits per heavy atom. The minimum Gasteiger partial charge on any atom is -0.342 e. The largest absolute Gasteiger partial charge is 0.342 e. The maximum absolute atomic E-state index is 12.6. The zero-order valence-corrected chi connectivity index (χ0v) is 15.7. The molecule has 4 rings (SSSR count). The van der Waals surface area contributed by atoms with E-state index in [2.05, 4.69) is 54.3 Å². The molecule has 1 saturated carbocycles. The van der Waals surface area contributed by atoms with E-state index in [1.54, 1.807) is 0 Å². The van der Waals surface area contributed by atoms with Gasteiger partial charge in [-0.3, -0.25) is 9.78 Å². The van der Waals surface area contributed by atoms with Gasteiger partial charge < -0.3 is 4.90 Å². The molecule has 0 bridgehead atoms. The Labute approximate surface area is 156 Å². The van der Waals surface area contributed by atoms with E-state index in [-0.39, 0.29) is 0 Å². The molecule has 1 aliphatic heterocycles. The summed E-state index contributed by atoms with van der Waals surface area (Å²) in [4.78, 5) is 19.6. The molecule has 3 heteroatoms. The van der Waals surface area contributed by atoms with Crippen LogP contribution in [0.2, 0.25) is 0 Å². The van der Waals surface area contributed by atoms with E-state index >= 15 is 0 Å². The highest BCUT2D eigenvalue weighted by Crippen LogP contribution is 2.32. The van der Waals surface area contributed by atoms with Gasteiger partial charge in [0.15, 0.2) is 0 Å². The highest BCUT2D eigenvalue weighted by molar-refractivity contribution is 5.79. The highest BCUT2D eigenvalue weighted by atomic mass is 16.2. The van der Waals surface area contributed by atoms with Gasteiger partial charge in [-0.25, -0.2) is 0 Å². The number of pyridine rings is 1. The highest BCUT2D eigenvalue weighted by Gasteiger charge is 2.30. The predicted octanol–water partition coefficient (Wildman–Crippen LogP) is 4.95. The van der Waals surface area contributed by atoms with E-state index in [9.17, 15) is 4.79 Å². The van der Waals surface area contributed by atoms with Gasteiger partial charge >= 0.3 is 0 Å². The molecule has 2 aromatic rings. The number of likely N-dealkylation sites (tertiary alicyclic amines) is 1. The summed E-state index contributed by atoms with van der Waals surface area (Å²) in [6.45, 7) is 3.85. The first-order valence-electron chi connectivity index (χ1n) is 10.0. The van der Waals surface area contributed by atoms with Crippen LogP contribution < -0.4 is 0 Å². The summed E-state index contributed by atoms with van der Waals surface area (Å²) >= 11 is 0. The molecular weight excluding hydrogens is 320 g/mol. The number of aromatic nitrogens is 1. The van der Waals surface area contributed by atoms with Crippen molar-refractivity contribution in [3.63, 3.8) is 0 Å². The third-order valence-electron chi connectivity index (χ3n) is 6.01. The molecule has 3 nitrogen and oxygen atoms in total. The van der Waals surface area contributed by atoms with Crippen molar-refractivity contribution in [2.24, 2.45) is 5.92 Å². The monoisotopic (exact) mass is 348 g/mol. The van der Waals surface area contributed by atoms with E-state index in [1.165, 1.54) is 29.7 Å². The molecule has 26 heavy (non-hydrogen) atoms. The molecule has 2 heterocycles. The number of amides is 1. The zero-order valence-electron chi connectivity index (χ0n) is 15.7. The standard InChI is InChI=1S/C23H28N2O/c1-17-15-21(18-7-3-2-4-8-18)16-22(24-17)19-11-13-25(14-12-19)23(26)20-9-5-6-10-20/h2-4,7-8,15-16,19-20H,5-6,9-14H2,1H3. The third kappa shape index (κ3) is 3.67. The molecule has 0 unspecified atom stereocenters. The van der Waals surface area contributed by atoms with Crippen LogP contribution in [0.1, 0.15) is 55.8 Å². The number of hydrogen-bond acceptors (Lipinski definition) is 2. The number of aryl methyl sites for hydroxylation is 1. The molecule has 0 atom stereocenters. The van der Waals surface area contributed by atoms with Crippen LogP contribution in [0.3, 0.4) is 0 Å². The summed E-state index contributed by atoms with van der Waals surface area (Å²) in [5, 5.41) is 0. The van der Waals surface area contributed by atoms with Crippen molar-refractivity contribution in [3.8, 4) is 11.1 Å². The van der Waals surface area contributed by atoms with Crippen molar-refractivity contribution in [1.82, 2.24) is 9.88 Å². The lowest BCUT2D eigenvalue weighted by Gasteiger charge is -2.33. The Balaban J connectivity index is 1.46. The van der Waals surface area contributed by atoms with Crippen LogP contribution in [0.25, 0.3) is 11.1 Å². The van der Waals surface area contributed by atoms with Crippen molar-refractivity contribution >= 4 is 5.91 Å². The summed E-state index contributed by atoms with van der Waals surface area (Å²) in [7, 11) is 0. The number of nitrogens with zero attached hydrogens (tertiary/aromatic N) is 2. The Hall–Kier alpha value is -2.16. The zero-order chi connectivity index (χ0) is 17.9. The lowest BCUT2D eigenvalue weighted by Crippen LogP contribution is -2.40. The summed E-state index contributed by atoms with van der Waals surface area (Å²) in [6.07, 6.45) is 6.70. The molecule has 0 radical (unpaired) electrons. The molecule has 0 N–H and O–H groups in total. The molecule has 1 aromatic carbocycles. The molecular formula is C23H28N2O. The van der Waals surface area contributed by atoms with E-state index in [4.69, 9.17) is 4.98 Å². The van der Waals surface area contributed by atoms with Gasteiger partial charge in [-0.2, -0.15) is 0 Å².